The molecular formula is C29H39ClN6O3. The van der Waals surface area contributed by atoms with E-state index >= 15 is 0 Å². The Morgan fingerprint density at radius 3 is 2.56 bits per heavy atom. The summed E-state index contributed by atoms with van der Waals surface area (Å²) < 4.78 is 5.82. The average Bonchev–Trinajstić information content (AvgIpc) is 2.79. The van der Waals surface area contributed by atoms with Crippen molar-refractivity contribution >= 4 is 28.7 Å². The monoisotopic (exact) mass is 554 g/mol. The Morgan fingerprint density at radius 2 is 1.97 bits per heavy atom. The lowest BCUT2D eigenvalue weighted by atomic mass is 9.60. The summed E-state index contributed by atoms with van der Waals surface area (Å²) >= 11 is 6.64. The van der Waals surface area contributed by atoms with Crippen LogP contribution in [0.5, 0.6) is 5.75 Å². The minimum Gasteiger partial charge on any atom is -0.512 e. The number of likely N-dealkylation sites (tertiary alicyclic amines) is 1. The van der Waals surface area contributed by atoms with Gasteiger partial charge in [0.1, 0.15) is 30.0 Å². The second-order valence-electron chi connectivity index (χ2n) is 11.4. The zero-order valence-electron chi connectivity index (χ0n) is 23.2. The van der Waals surface area contributed by atoms with Crippen molar-refractivity contribution in [2.24, 2.45) is 5.41 Å². The number of benzene rings is 1. The van der Waals surface area contributed by atoms with Gasteiger partial charge in [0, 0.05) is 47.9 Å². The number of likely N-dealkylation sites (N-methyl/N-ethyl adjacent to an activating group) is 1. The molecule has 10 heteroatoms. The number of rotatable bonds is 10. The Kier molecular flexibility index (Phi) is 7.88. The Balaban J connectivity index is 1.47. The van der Waals surface area contributed by atoms with Gasteiger partial charge in [-0.15, -0.1) is 0 Å². The Labute approximate surface area is 235 Å². The molecule has 1 saturated carbocycles. The maximum absolute atomic E-state index is 10.5. The van der Waals surface area contributed by atoms with Crippen molar-refractivity contribution < 1.29 is 14.9 Å². The van der Waals surface area contributed by atoms with E-state index in [0.29, 0.717) is 45.4 Å². The van der Waals surface area contributed by atoms with Gasteiger partial charge in [-0.05, 0) is 78.4 Å². The predicted octanol–water partition coefficient (Wildman–Crippen LogP) is 4.07. The molecule has 1 aliphatic carbocycles. The van der Waals surface area contributed by atoms with Crippen LogP contribution in [-0.4, -0.2) is 89.3 Å². The molecule has 1 atom stereocenters. The Morgan fingerprint density at radius 1 is 1.26 bits per heavy atom. The number of allylic oxidation sites excluding steroid dienone is 2. The number of ether oxygens (including phenoxy) is 1. The highest BCUT2D eigenvalue weighted by Crippen LogP contribution is 2.52. The third kappa shape index (κ3) is 5.50. The minimum absolute atomic E-state index is 0.0411. The first kappa shape index (κ1) is 27.8. The number of nitrogens with one attached hydrogen (secondary N) is 2. The molecule has 3 aliphatic rings. The molecule has 1 aromatic carbocycles. The van der Waals surface area contributed by atoms with E-state index in [1.807, 2.05) is 6.92 Å². The zero-order valence-corrected chi connectivity index (χ0v) is 24.0. The molecule has 2 aliphatic heterocycles. The molecule has 5 rings (SSSR count). The topological polar surface area (TPSA) is 118 Å². The van der Waals surface area contributed by atoms with Gasteiger partial charge in [0.2, 0.25) is 0 Å². The predicted molar refractivity (Wildman–Crippen MR) is 155 cm³/mol. The highest BCUT2D eigenvalue weighted by atomic mass is 35.5. The van der Waals surface area contributed by atoms with Crippen LogP contribution in [0.15, 0.2) is 24.0 Å². The lowest BCUT2D eigenvalue weighted by molar-refractivity contribution is -0.0444. The van der Waals surface area contributed by atoms with Crippen LogP contribution in [0.2, 0.25) is 5.02 Å². The number of nitrogens with zero attached hydrogens (tertiary/aromatic N) is 4. The molecule has 2 saturated heterocycles. The van der Waals surface area contributed by atoms with Crippen molar-refractivity contribution in [3.05, 3.63) is 40.2 Å². The number of anilines is 1. The number of hydrogen-bond acceptors (Lipinski definition) is 9. The molecule has 3 fully saturated rings. The molecule has 39 heavy (non-hydrogen) atoms. The first-order valence-electron chi connectivity index (χ1n) is 13.7. The van der Waals surface area contributed by atoms with Crippen molar-refractivity contribution in [2.45, 2.75) is 52.2 Å². The van der Waals surface area contributed by atoms with Crippen molar-refractivity contribution in [1.82, 2.24) is 20.2 Å². The van der Waals surface area contributed by atoms with Crippen molar-refractivity contribution in [2.75, 3.05) is 51.3 Å². The fraction of sp³-hybridized carbons (Fsp3) is 0.552. The Bertz CT molecular complexity index is 1280. The highest BCUT2D eigenvalue weighted by molar-refractivity contribution is 6.33. The first-order valence-corrected chi connectivity index (χ1v) is 14.1. The summed E-state index contributed by atoms with van der Waals surface area (Å²) in [6.45, 7) is 10.1. The van der Waals surface area contributed by atoms with Gasteiger partial charge in [-0.3, -0.25) is 0 Å². The van der Waals surface area contributed by atoms with Gasteiger partial charge in [0.25, 0.3) is 0 Å². The lowest BCUT2D eigenvalue weighted by Crippen LogP contribution is -2.68. The van der Waals surface area contributed by atoms with Crippen LogP contribution in [0.1, 0.15) is 44.4 Å². The van der Waals surface area contributed by atoms with Gasteiger partial charge in [0.15, 0.2) is 5.82 Å². The Hall–Kier alpha value is -2.72. The lowest BCUT2D eigenvalue weighted by Gasteiger charge is -2.62. The van der Waals surface area contributed by atoms with Gasteiger partial charge in [-0.2, -0.15) is 0 Å². The maximum Gasteiger partial charge on any atom is 0.163 e. The number of hydrogen-bond donors (Lipinski definition) is 4. The van der Waals surface area contributed by atoms with Gasteiger partial charge >= 0.3 is 0 Å². The summed E-state index contributed by atoms with van der Waals surface area (Å²) in [7, 11) is 1.77. The van der Waals surface area contributed by atoms with Crippen molar-refractivity contribution in [1.29, 1.82) is 5.41 Å². The van der Waals surface area contributed by atoms with E-state index in [1.165, 1.54) is 32.4 Å². The van der Waals surface area contributed by atoms with E-state index in [2.05, 4.69) is 15.1 Å². The van der Waals surface area contributed by atoms with Crippen LogP contribution in [0, 0.1) is 17.7 Å². The summed E-state index contributed by atoms with van der Waals surface area (Å²) in [6.07, 6.45) is 3.14. The second kappa shape index (κ2) is 11.0. The molecule has 0 bridgehead atoms. The van der Waals surface area contributed by atoms with Crippen LogP contribution >= 0.6 is 11.6 Å². The molecule has 210 valence electrons. The van der Waals surface area contributed by atoms with E-state index in [9.17, 15) is 10.2 Å². The average molecular weight is 555 g/mol. The SMILES string of the molecule is CNC[C@@H](O)COc1ccc(Cl)c(-c2nc(/C(C(C)=N)=C(\C)O)c(C)c(N3CC4(CC(N5CCC5)C4)C3)n2)c1. The third-order valence-corrected chi connectivity index (χ3v) is 8.58. The molecule has 1 spiro atoms. The molecule has 0 radical (unpaired) electrons. The third-order valence-electron chi connectivity index (χ3n) is 8.25. The number of aromatic nitrogens is 2. The number of aliphatic hydroxyl groups excluding tert-OH is 2. The van der Waals surface area contributed by atoms with E-state index in [4.69, 9.17) is 31.7 Å². The van der Waals surface area contributed by atoms with Gasteiger partial charge in [-0.1, -0.05) is 11.6 Å². The molecule has 9 nitrogen and oxygen atoms in total. The molecule has 0 unspecified atom stereocenters. The molecular weight excluding hydrogens is 516 g/mol. The number of aliphatic hydroxyl groups is 2. The van der Waals surface area contributed by atoms with Crippen LogP contribution in [-0.2, 0) is 0 Å². The van der Waals surface area contributed by atoms with E-state index in [-0.39, 0.29) is 18.1 Å². The van der Waals surface area contributed by atoms with Gasteiger partial charge < -0.3 is 35.5 Å². The second-order valence-corrected chi connectivity index (χ2v) is 11.8. The van der Waals surface area contributed by atoms with Crippen LogP contribution < -0.4 is 15.0 Å². The fourth-order valence-electron chi connectivity index (χ4n) is 6.12. The molecule has 2 aromatic rings. The van der Waals surface area contributed by atoms with Crippen molar-refractivity contribution in [3.8, 4) is 17.1 Å². The first-order chi connectivity index (χ1) is 18.6. The van der Waals surface area contributed by atoms with E-state index in [0.717, 1.165) is 30.5 Å². The maximum atomic E-state index is 10.5. The van der Waals surface area contributed by atoms with Gasteiger partial charge in [-0.25, -0.2) is 9.97 Å². The zero-order chi connectivity index (χ0) is 27.9. The van der Waals surface area contributed by atoms with Crippen molar-refractivity contribution in [3.63, 3.8) is 0 Å². The molecule has 3 heterocycles. The summed E-state index contributed by atoms with van der Waals surface area (Å²) in [5, 5.41) is 32.3. The summed E-state index contributed by atoms with van der Waals surface area (Å²) in [4.78, 5) is 14.7. The summed E-state index contributed by atoms with van der Waals surface area (Å²) in [6, 6.07) is 5.99. The highest BCUT2D eigenvalue weighted by Gasteiger charge is 2.54. The quantitative estimate of drug-likeness (QED) is 0.256. The van der Waals surface area contributed by atoms with Crippen LogP contribution in [0.25, 0.3) is 17.0 Å². The van der Waals surface area contributed by atoms with E-state index < -0.39 is 6.10 Å². The molecule has 0 amide bonds. The summed E-state index contributed by atoms with van der Waals surface area (Å²) in [5.41, 5.74) is 2.93. The smallest absolute Gasteiger partial charge is 0.163 e. The normalized spacial score (nSPS) is 20.1. The fourth-order valence-corrected chi connectivity index (χ4v) is 6.33. The van der Waals surface area contributed by atoms with E-state index in [1.54, 1.807) is 39.1 Å². The van der Waals surface area contributed by atoms with Crippen LogP contribution in [0.4, 0.5) is 5.82 Å². The molecule has 1 aromatic heterocycles. The largest absolute Gasteiger partial charge is 0.512 e. The molecule has 4 N–H and O–H groups in total. The minimum atomic E-state index is -0.648. The van der Waals surface area contributed by atoms with Crippen LogP contribution in [0.3, 0.4) is 0 Å². The number of halogens is 1. The summed E-state index contributed by atoms with van der Waals surface area (Å²) in [5.74, 6) is 1.80. The standard InChI is InChI=1S/C29H39ClN6O3/c1-17-26(25(18(2)31)19(3)37)33-27(23-10-22(6-7-24(23)30)39-14-21(38)13-32-4)34-28(17)36-15-29(16-36)11-20(12-29)35-8-5-9-35/h6-7,10,20-21,31-32,37-38H,5,8-9,11-16H2,1-4H3/b25-19+,31-18?/t21-/m1/s1. The van der Waals surface area contributed by atoms with Gasteiger partial charge in [0.05, 0.1) is 16.3 Å².